The molecule has 0 saturated heterocycles. The van der Waals surface area contributed by atoms with Gasteiger partial charge in [-0.2, -0.15) is 0 Å². The topological polar surface area (TPSA) is 57.6 Å². The van der Waals surface area contributed by atoms with Gasteiger partial charge >= 0.3 is 5.97 Å². The van der Waals surface area contributed by atoms with E-state index in [-0.39, 0.29) is 12.5 Å². The van der Waals surface area contributed by atoms with Gasteiger partial charge in [-0.3, -0.25) is 9.59 Å². The fourth-order valence-corrected chi connectivity index (χ4v) is 1.78. The van der Waals surface area contributed by atoms with Gasteiger partial charge in [0.1, 0.15) is 6.54 Å². The molecule has 1 aromatic carbocycles. The van der Waals surface area contributed by atoms with Crippen LogP contribution >= 0.6 is 0 Å². The average molecular weight is 245 g/mol. The van der Waals surface area contributed by atoms with Crippen LogP contribution in [0.4, 0.5) is 0 Å². The lowest BCUT2D eigenvalue weighted by Gasteiger charge is -2.20. The van der Waals surface area contributed by atoms with E-state index in [1.807, 2.05) is 32.0 Å². The van der Waals surface area contributed by atoms with Crippen molar-refractivity contribution in [3.05, 3.63) is 34.9 Å². The van der Waals surface area contributed by atoms with Gasteiger partial charge < -0.3 is 10.0 Å². The molecule has 0 spiro atoms. The van der Waals surface area contributed by atoms with Crippen molar-refractivity contribution in [2.45, 2.75) is 13.8 Å². The Bertz CT molecular complexity index is 494. The van der Waals surface area contributed by atoms with E-state index >= 15 is 0 Å². The number of hydrogen-bond acceptors (Lipinski definition) is 2. The highest BCUT2D eigenvalue weighted by Gasteiger charge is 2.20. The van der Waals surface area contributed by atoms with E-state index < -0.39 is 12.5 Å². The van der Waals surface area contributed by atoms with Crippen LogP contribution in [0.3, 0.4) is 0 Å². The zero-order chi connectivity index (χ0) is 13.7. The number of carbonyl (C=O) groups is 2. The molecule has 0 aliphatic rings. The monoisotopic (exact) mass is 245 g/mol. The molecule has 0 aliphatic carbocycles. The van der Waals surface area contributed by atoms with E-state index in [2.05, 4.69) is 5.92 Å². The SMILES string of the molecule is C#CCN(CC(=O)O)C(=O)c1c(C)cccc1C. The lowest BCUT2D eigenvalue weighted by molar-refractivity contribution is -0.137. The van der Waals surface area contributed by atoms with Crippen molar-refractivity contribution in [3.8, 4) is 12.3 Å². The highest BCUT2D eigenvalue weighted by atomic mass is 16.4. The second kappa shape index (κ2) is 5.87. The van der Waals surface area contributed by atoms with Gasteiger partial charge in [-0.05, 0) is 25.0 Å². The van der Waals surface area contributed by atoms with Crippen LogP contribution < -0.4 is 0 Å². The number of amides is 1. The fourth-order valence-electron chi connectivity index (χ4n) is 1.78. The standard InChI is InChI=1S/C14H15NO3/c1-4-8-15(9-12(16)17)14(18)13-10(2)6-5-7-11(13)3/h1,5-7H,8-9H2,2-3H3,(H,16,17). The summed E-state index contributed by atoms with van der Waals surface area (Å²) < 4.78 is 0. The first-order valence-corrected chi connectivity index (χ1v) is 5.48. The lowest BCUT2D eigenvalue weighted by Crippen LogP contribution is -2.36. The number of carbonyl (C=O) groups excluding carboxylic acids is 1. The summed E-state index contributed by atoms with van der Waals surface area (Å²) in [6.07, 6.45) is 5.16. The number of aryl methyl sites for hydroxylation is 2. The number of hydrogen-bond donors (Lipinski definition) is 1. The summed E-state index contributed by atoms with van der Waals surface area (Å²) in [6.45, 7) is 3.22. The minimum atomic E-state index is -1.08. The third kappa shape index (κ3) is 3.11. The molecule has 94 valence electrons. The molecule has 1 rings (SSSR count). The van der Waals surface area contributed by atoms with Crippen molar-refractivity contribution in [1.82, 2.24) is 4.90 Å². The number of carboxylic acid groups (broad SMARTS) is 1. The molecule has 1 aromatic rings. The largest absolute Gasteiger partial charge is 0.480 e. The van der Waals surface area contributed by atoms with Gasteiger partial charge in [0, 0.05) is 5.56 Å². The van der Waals surface area contributed by atoms with Gasteiger partial charge in [-0.15, -0.1) is 6.42 Å². The summed E-state index contributed by atoms with van der Waals surface area (Å²) in [4.78, 5) is 24.2. The Balaban J connectivity index is 3.10. The summed E-state index contributed by atoms with van der Waals surface area (Å²) >= 11 is 0. The van der Waals surface area contributed by atoms with Crippen molar-refractivity contribution in [2.24, 2.45) is 0 Å². The van der Waals surface area contributed by atoms with Crippen molar-refractivity contribution in [1.29, 1.82) is 0 Å². The second-order valence-corrected chi connectivity index (χ2v) is 4.03. The Hall–Kier alpha value is -2.28. The van der Waals surface area contributed by atoms with Crippen LogP contribution in [0.15, 0.2) is 18.2 Å². The Morgan fingerprint density at radius 1 is 1.33 bits per heavy atom. The molecule has 0 fully saturated rings. The van der Waals surface area contributed by atoms with Crippen LogP contribution in [-0.4, -0.2) is 35.0 Å². The maximum absolute atomic E-state index is 12.3. The molecule has 0 saturated carbocycles. The summed E-state index contributed by atoms with van der Waals surface area (Å²) in [6, 6.07) is 5.48. The van der Waals surface area contributed by atoms with E-state index in [9.17, 15) is 9.59 Å². The van der Waals surface area contributed by atoms with Crippen molar-refractivity contribution in [2.75, 3.05) is 13.1 Å². The van der Waals surface area contributed by atoms with Gasteiger partial charge in [0.25, 0.3) is 5.91 Å². The van der Waals surface area contributed by atoms with E-state index in [0.29, 0.717) is 5.56 Å². The molecule has 0 bridgehead atoms. The third-order valence-electron chi connectivity index (χ3n) is 2.59. The Morgan fingerprint density at radius 3 is 2.33 bits per heavy atom. The zero-order valence-electron chi connectivity index (χ0n) is 10.4. The first-order chi connectivity index (χ1) is 8.47. The fraction of sp³-hybridized carbons (Fsp3) is 0.286. The summed E-state index contributed by atoms with van der Waals surface area (Å²) in [5, 5.41) is 8.78. The van der Waals surface area contributed by atoms with E-state index in [4.69, 9.17) is 11.5 Å². The van der Waals surface area contributed by atoms with Gasteiger partial charge in [0.15, 0.2) is 0 Å². The molecule has 0 unspecified atom stereocenters. The highest BCUT2D eigenvalue weighted by molar-refractivity contribution is 5.98. The number of rotatable bonds is 4. The van der Waals surface area contributed by atoms with E-state index in [0.717, 1.165) is 16.0 Å². The maximum Gasteiger partial charge on any atom is 0.323 e. The van der Waals surface area contributed by atoms with Gasteiger partial charge in [-0.25, -0.2) is 0 Å². The molecular formula is C14H15NO3. The minimum absolute atomic E-state index is 0.0150. The molecule has 0 atom stereocenters. The Labute approximate surface area is 106 Å². The van der Waals surface area contributed by atoms with Crippen LogP contribution in [0.1, 0.15) is 21.5 Å². The molecule has 1 amide bonds. The lowest BCUT2D eigenvalue weighted by atomic mass is 10.0. The molecular weight excluding hydrogens is 230 g/mol. The molecule has 0 aliphatic heterocycles. The normalized spacial score (nSPS) is 9.61. The van der Waals surface area contributed by atoms with Gasteiger partial charge in [0.2, 0.25) is 0 Å². The van der Waals surface area contributed by atoms with Gasteiger partial charge in [0.05, 0.1) is 6.54 Å². The van der Waals surface area contributed by atoms with Crippen LogP contribution in [-0.2, 0) is 4.79 Å². The van der Waals surface area contributed by atoms with Crippen molar-refractivity contribution >= 4 is 11.9 Å². The van der Waals surface area contributed by atoms with E-state index in [1.54, 1.807) is 0 Å². The summed E-state index contributed by atoms with van der Waals surface area (Å²) in [7, 11) is 0. The van der Waals surface area contributed by atoms with Crippen LogP contribution in [0.2, 0.25) is 0 Å². The smallest absolute Gasteiger partial charge is 0.323 e. The number of aliphatic carboxylic acids is 1. The number of benzene rings is 1. The predicted molar refractivity (Wildman–Crippen MR) is 68.3 cm³/mol. The number of terminal acetylenes is 1. The molecule has 0 radical (unpaired) electrons. The third-order valence-corrected chi connectivity index (χ3v) is 2.59. The Kier molecular flexibility index (Phi) is 4.50. The maximum atomic E-state index is 12.3. The predicted octanol–water partition coefficient (Wildman–Crippen LogP) is 1.46. The zero-order valence-corrected chi connectivity index (χ0v) is 10.4. The van der Waals surface area contributed by atoms with Crippen LogP contribution in [0, 0.1) is 26.2 Å². The van der Waals surface area contributed by atoms with Crippen molar-refractivity contribution < 1.29 is 14.7 Å². The molecule has 1 N–H and O–H groups in total. The molecule has 4 nitrogen and oxygen atoms in total. The second-order valence-electron chi connectivity index (χ2n) is 4.03. The highest BCUT2D eigenvalue weighted by Crippen LogP contribution is 2.15. The van der Waals surface area contributed by atoms with Crippen LogP contribution in [0.25, 0.3) is 0 Å². The summed E-state index contributed by atoms with van der Waals surface area (Å²) in [5.74, 6) is 0.884. The van der Waals surface area contributed by atoms with Crippen molar-refractivity contribution in [3.63, 3.8) is 0 Å². The first kappa shape index (κ1) is 13.8. The van der Waals surface area contributed by atoms with Crippen LogP contribution in [0.5, 0.6) is 0 Å². The molecule has 0 aromatic heterocycles. The Morgan fingerprint density at radius 2 is 1.89 bits per heavy atom. The molecule has 0 heterocycles. The summed E-state index contributed by atoms with van der Waals surface area (Å²) in [5.41, 5.74) is 2.15. The molecule has 18 heavy (non-hydrogen) atoms. The molecule has 4 heteroatoms. The number of carboxylic acids is 1. The van der Waals surface area contributed by atoms with Gasteiger partial charge in [-0.1, -0.05) is 24.1 Å². The quantitative estimate of drug-likeness (QED) is 0.817. The minimum Gasteiger partial charge on any atom is -0.480 e. The first-order valence-electron chi connectivity index (χ1n) is 5.48. The number of nitrogens with zero attached hydrogens (tertiary/aromatic N) is 1. The van der Waals surface area contributed by atoms with E-state index in [1.165, 1.54) is 0 Å². The average Bonchev–Trinajstić information content (AvgIpc) is 2.27.